The maximum Gasteiger partial charge on any atom is 0.223 e. The number of carbonyl (C=O) groups is 1. The van der Waals surface area contributed by atoms with Crippen molar-refractivity contribution in [2.75, 3.05) is 6.54 Å². The molecule has 1 aliphatic heterocycles. The van der Waals surface area contributed by atoms with Gasteiger partial charge in [0.05, 0.1) is 11.8 Å². The number of aromatic nitrogens is 1. The highest BCUT2D eigenvalue weighted by molar-refractivity contribution is 5.77. The zero-order valence-corrected chi connectivity index (χ0v) is 17.6. The molecule has 1 fully saturated rings. The highest BCUT2D eigenvalue weighted by Gasteiger charge is 2.34. The third-order valence-corrected chi connectivity index (χ3v) is 6.07. The van der Waals surface area contributed by atoms with E-state index in [-0.39, 0.29) is 29.7 Å². The van der Waals surface area contributed by atoms with E-state index in [1.807, 2.05) is 23.1 Å². The summed E-state index contributed by atoms with van der Waals surface area (Å²) in [5, 5.41) is 0. The van der Waals surface area contributed by atoms with Crippen LogP contribution in [0.1, 0.15) is 50.0 Å². The lowest BCUT2D eigenvalue weighted by molar-refractivity contribution is -0.132. The molecule has 1 aromatic heterocycles. The van der Waals surface area contributed by atoms with Crippen molar-refractivity contribution in [3.63, 3.8) is 0 Å². The van der Waals surface area contributed by atoms with Gasteiger partial charge in [-0.1, -0.05) is 43.3 Å². The minimum atomic E-state index is -0.704. The van der Waals surface area contributed by atoms with Crippen LogP contribution < -0.4 is 0 Å². The fraction of sp³-hybridized carbons (Fsp3) is 0.360. The third kappa shape index (κ3) is 4.53. The topological polar surface area (TPSA) is 46.3 Å². The number of oxazole rings is 1. The van der Waals surface area contributed by atoms with E-state index < -0.39 is 11.6 Å². The van der Waals surface area contributed by atoms with Gasteiger partial charge in [0.2, 0.25) is 5.91 Å². The highest BCUT2D eigenvalue weighted by atomic mass is 19.1. The smallest absolute Gasteiger partial charge is 0.223 e. The van der Waals surface area contributed by atoms with E-state index in [2.05, 4.69) is 24.0 Å². The van der Waals surface area contributed by atoms with Gasteiger partial charge in [-0.3, -0.25) is 4.79 Å². The molecule has 31 heavy (non-hydrogen) atoms. The first-order chi connectivity index (χ1) is 15.1. The second kappa shape index (κ2) is 9.41. The van der Waals surface area contributed by atoms with E-state index in [0.29, 0.717) is 18.2 Å². The summed E-state index contributed by atoms with van der Waals surface area (Å²) >= 11 is 0. The van der Waals surface area contributed by atoms with Crippen molar-refractivity contribution in [3.05, 3.63) is 77.8 Å². The predicted octanol–water partition coefficient (Wildman–Crippen LogP) is 5.74. The summed E-state index contributed by atoms with van der Waals surface area (Å²) in [4.78, 5) is 19.1. The molecule has 4 nitrogen and oxygen atoms in total. The van der Waals surface area contributed by atoms with Crippen molar-refractivity contribution >= 4 is 5.91 Å². The van der Waals surface area contributed by atoms with Crippen LogP contribution in [0, 0.1) is 11.6 Å². The van der Waals surface area contributed by atoms with Gasteiger partial charge in [-0.25, -0.2) is 13.8 Å². The molecule has 0 radical (unpaired) electrons. The predicted molar refractivity (Wildman–Crippen MR) is 114 cm³/mol. The molecule has 1 saturated heterocycles. The molecule has 2 heterocycles. The molecule has 1 amide bonds. The Labute approximate surface area is 180 Å². The van der Waals surface area contributed by atoms with Crippen molar-refractivity contribution in [2.45, 2.75) is 51.0 Å². The van der Waals surface area contributed by atoms with Crippen molar-refractivity contribution in [2.24, 2.45) is 0 Å². The Bertz CT molecular complexity index is 1010. The second-order valence-corrected chi connectivity index (χ2v) is 7.94. The molecular weight excluding hydrogens is 398 g/mol. The van der Waals surface area contributed by atoms with Gasteiger partial charge in [0.1, 0.15) is 11.6 Å². The number of hydrogen-bond acceptors (Lipinski definition) is 3. The zero-order valence-electron chi connectivity index (χ0n) is 17.6. The van der Waals surface area contributed by atoms with Crippen LogP contribution in [-0.2, 0) is 11.2 Å². The van der Waals surface area contributed by atoms with Gasteiger partial charge in [0, 0.05) is 31.3 Å². The number of likely N-dealkylation sites (tertiary alicyclic amines) is 1. The Morgan fingerprint density at radius 3 is 2.61 bits per heavy atom. The van der Waals surface area contributed by atoms with E-state index in [1.165, 1.54) is 30.0 Å². The van der Waals surface area contributed by atoms with Crippen molar-refractivity contribution in [1.82, 2.24) is 9.88 Å². The molecule has 0 unspecified atom stereocenters. The number of nitrogens with zero attached hydrogens (tertiary/aromatic N) is 2. The number of aryl methyl sites for hydroxylation is 1. The summed E-state index contributed by atoms with van der Waals surface area (Å²) in [5.74, 6) is -0.696. The van der Waals surface area contributed by atoms with Gasteiger partial charge in [0.25, 0.3) is 0 Å². The minimum absolute atomic E-state index is 0.0345. The van der Waals surface area contributed by atoms with Crippen molar-refractivity contribution in [3.8, 4) is 11.3 Å². The Hall–Kier alpha value is -3.02. The average Bonchev–Trinajstić information content (AvgIpc) is 3.44. The SMILES string of the molecule is CC[C@H](c1ccccc1)[C@H]1CCCN1C(=O)CCc1ncc(-c2c(F)cccc2F)o1. The maximum absolute atomic E-state index is 14.0. The average molecular weight is 424 g/mol. The first-order valence-corrected chi connectivity index (χ1v) is 10.8. The van der Waals surface area contributed by atoms with E-state index in [0.717, 1.165) is 25.8 Å². The number of amides is 1. The lowest BCUT2D eigenvalue weighted by atomic mass is 9.87. The molecule has 6 heteroatoms. The van der Waals surface area contributed by atoms with Crippen molar-refractivity contribution < 1.29 is 18.0 Å². The molecule has 162 valence electrons. The van der Waals surface area contributed by atoms with Crippen LogP contribution in [0.25, 0.3) is 11.3 Å². The molecule has 0 saturated carbocycles. The van der Waals surface area contributed by atoms with Gasteiger partial charge in [-0.05, 0) is 37.0 Å². The molecule has 3 aromatic rings. The largest absolute Gasteiger partial charge is 0.441 e. The number of carbonyl (C=O) groups excluding carboxylic acids is 1. The first kappa shape index (κ1) is 21.2. The molecule has 0 spiro atoms. The normalized spacial score (nSPS) is 17.1. The van der Waals surface area contributed by atoms with E-state index in [4.69, 9.17) is 4.42 Å². The fourth-order valence-corrected chi connectivity index (χ4v) is 4.58. The van der Waals surface area contributed by atoms with Gasteiger partial charge >= 0.3 is 0 Å². The molecule has 0 N–H and O–H groups in total. The Kier molecular flexibility index (Phi) is 6.44. The molecule has 4 rings (SSSR count). The van der Waals surface area contributed by atoms with Gasteiger partial charge in [-0.2, -0.15) is 0 Å². The van der Waals surface area contributed by atoms with Crippen LogP contribution in [0.5, 0.6) is 0 Å². The standard InChI is InChI=1S/C25H26F2N2O2/c1-2-18(17-8-4-3-5-9-17)21-12-7-15-29(21)24(30)14-13-23-28-16-22(31-23)25-19(26)10-6-11-20(25)27/h3-6,8-11,16,18,21H,2,7,12-15H2,1H3/t18-,21-/m1/s1. The molecule has 0 bridgehead atoms. The summed E-state index contributed by atoms with van der Waals surface area (Å²) in [5.41, 5.74) is 1.03. The molecular formula is C25H26F2N2O2. The maximum atomic E-state index is 14.0. The number of benzene rings is 2. The molecule has 0 aliphatic carbocycles. The van der Waals surface area contributed by atoms with Crippen LogP contribution in [0.2, 0.25) is 0 Å². The second-order valence-electron chi connectivity index (χ2n) is 7.94. The van der Waals surface area contributed by atoms with Crippen LogP contribution in [0.3, 0.4) is 0 Å². The number of hydrogen-bond donors (Lipinski definition) is 0. The lowest BCUT2D eigenvalue weighted by Crippen LogP contribution is -2.39. The van der Waals surface area contributed by atoms with Gasteiger partial charge in [-0.15, -0.1) is 0 Å². The van der Waals surface area contributed by atoms with Crippen LogP contribution in [0.4, 0.5) is 8.78 Å². The molecule has 2 atom stereocenters. The fourth-order valence-electron chi connectivity index (χ4n) is 4.58. The molecule has 1 aliphatic rings. The van der Waals surface area contributed by atoms with Gasteiger partial charge in [0.15, 0.2) is 11.7 Å². The number of halogens is 2. The summed E-state index contributed by atoms with van der Waals surface area (Å²) in [6, 6.07) is 14.2. The summed E-state index contributed by atoms with van der Waals surface area (Å²) in [6.45, 7) is 2.92. The highest BCUT2D eigenvalue weighted by Crippen LogP contribution is 2.34. The third-order valence-electron chi connectivity index (χ3n) is 6.07. The van der Waals surface area contributed by atoms with E-state index in [9.17, 15) is 13.6 Å². The Morgan fingerprint density at radius 2 is 1.90 bits per heavy atom. The summed E-state index contributed by atoms with van der Waals surface area (Å²) in [6.07, 6.45) is 4.81. The van der Waals surface area contributed by atoms with Crippen LogP contribution in [0.15, 0.2) is 59.1 Å². The van der Waals surface area contributed by atoms with Crippen molar-refractivity contribution in [1.29, 1.82) is 0 Å². The minimum Gasteiger partial charge on any atom is -0.441 e. The first-order valence-electron chi connectivity index (χ1n) is 10.8. The summed E-state index contributed by atoms with van der Waals surface area (Å²) in [7, 11) is 0. The zero-order chi connectivity index (χ0) is 21.8. The number of rotatable bonds is 7. The lowest BCUT2D eigenvalue weighted by Gasteiger charge is -2.31. The van der Waals surface area contributed by atoms with Gasteiger partial charge < -0.3 is 9.32 Å². The van der Waals surface area contributed by atoms with Crippen LogP contribution in [-0.4, -0.2) is 28.4 Å². The van der Waals surface area contributed by atoms with E-state index >= 15 is 0 Å². The van der Waals surface area contributed by atoms with E-state index in [1.54, 1.807) is 0 Å². The molecule has 2 aromatic carbocycles. The monoisotopic (exact) mass is 424 g/mol. The Morgan fingerprint density at radius 1 is 1.16 bits per heavy atom. The van der Waals surface area contributed by atoms with Crippen LogP contribution >= 0.6 is 0 Å². The Balaban J connectivity index is 1.42. The quantitative estimate of drug-likeness (QED) is 0.486. The summed E-state index contributed by atoms with van der Waals surface area (Å²) < 4.78 is 33.5.